The molecule has 0 radical (unpaired) electrons. The van der Waals surface area contributed by atoms with Crippen LogP contribution in [0.1, 0.15) is 156 Å². The molecule has 18 heteroatoms. The smallest absolute Gasteiger partial charge is 0.408 e. The van der Waals surface area contributed by atoms with Gasteiger partial charge >= 0.3 is 24.0 Å². The highest BCUT2D eigenvalue weighted by molar-refractivity contribution is 8.00. The van der Waals surface area contributed by atoms with Crippen molar-refractivity contribution < 1.29 is 66.8 Å². The number of ketones is 2. The summed E-state index contributed by atoms with van der Waals surface area (Å²) in [5.41, 5.74) is 1.75. The summed E-state index contributed by atoms with van der Waals surface area (Å²) >= 11 is 1.40. The summed E-state index contributed by atoms with van der Waals surface area (Å²) < 4.78 is 33.5. The molecule has 0 fully saturated rings. The number of carbonyl (C=O) groups is 8. The molecule has 0 saturated heterocycles. The van der Waals surface area contributed by atoms with E-state index in [-0.39, 0.29) is 63.1 Å². The van der Waals surface area contributed by atoms with Crippen molar-refractivity contribution in [3.63, 3.8) is 0 Å². The average Bonchev–Trinajstić information content (AvgIpc) is 1.11. The lowest BCUT2D eigenvalue weighted by Crippen LogP contribution is -2.49. The second-order valence-electron chi connectivity index (χ2n) is 23.5. The molecule has 3 amide bonds. The zero-order valence-electron chi connectivity index (χ0n) is 51.9. The minimum atomic E-state index is -1.46. The highest BCUT2D eigenvalue weighted by Gasteiger charge is 2.41. The molecular weight excluding hydrogens is 1110 g/mol. The van der Waals surface area contributed by atoms with E-state index in [0.717, 1.165) is 29.5 Å². The number of esters is 3. The second kappa shape index (κ2) is 33.6. The monoisotopic (exact) mass is 1200 g/mol. The SMILES string of the molecule is CCOC(=O)C1=C[C@@H](OC(CC)CC)[C@H](C)[C@@H](NC(=O)CCC(=O)CC[C@H](NC(=O)OC(C)(C)C)C(=O)C[C@@H](CC(=O)OC(C)(C)C)C(=O)N[C@@H](CSC(c2ccccc2)(c2ccccc2)c2ccccc2)C(=O)OCc2ccc(OCC)cc2)C1. The zero-order chi connectivity index (χ0) is 63.0. The van der Waals surface area contributed by atoms with E-state index in [0.29, 0.717) is 23.5 Å². The summed E-state index contributed by atoms with van der Waals surface area (Å²) in [6, 6.07) is 33.1. The molecule has 0 saturated carbocycles. The van der Waals surface area contributed by atoms with Crippen LogP contribution in [-0.2, 0) is 68.6 Å². The number of amides is 3. The zero-order valence-corrected chi connectivity index (χ0v) is 52.7. The van der Waals surface area contributed by atoms with Gasteiger partial charge in [0.1, 0.15) is 35.4 Å². The summed E-state index contributed by atoms with van der Waals surface area (Å²) in [7, 11) is 0. The van der Waals surface area contributed by atoms with Gasteiger partial charge in [0, 0.05) is 49.0 Å². The van der Waals surface area contributed by atoms with Crippen LogP contribution in [0, 0.1) is 11.8 Å². The van der Waals surface area contributed by atoms with Crippen LogP contribution >= 0.6 is 11.8 Å². The molecular formula is C68H89N3O14S. The number of hydrogen-bond donors (Lipinski definition) is 3. The van der Waals surface area contributed by atoms with E-state index in [1.807, 2.05) is 119 Å². The van der Waals surface area contributed by atoms with Gasteiger partial charge in [-0.3, -0.25) is 24.0 Å². The average molecular weight is 1200 g/mol. The van der Waals surface area contributed by atoms with Gasteiger partial charge in [-0.1, -0.05) is 124 Å². The van der Waals surface area contributed by atoms with E-state index in [9.17, 15) is 33.6 Å². The third-order valence-corrected chi connectivity index (χ3v) is 16.0. The number of ether oxygens (including phenoxy) is 6. The summed E-state index contributed by atoms with van der Waals surface area (Å²) in [6.07, 6.45) is -0.182. The Morgan fingerprint density at radius 3 is 1.73 bits per heavy atom. The third-order valence-electron chi connectivity index (χ3n) is 14.4. The molecule has 6 atom stereocenters. The van der Waals surface area contributed by atoms with Crippen molar-refractivity contribution in [1.29, 1.82) is 0 Å². The van der Waals surface area contributed by atoms with Crippen molar-refractivity contribution in [3.8, 4) is 5.75 Å². The van der Waals surface area contributed by atoms with Gasteiger partial charge in [-0.15, -0.1) is 11.8 Å². The van der Waals surface area contributed by atoms with Crippen molar-refractivity contribution in [2.24, 2.45) is 11.8 Å². The van der Waals surface area contributed by atoms with Crippen LogP contribution in [0.3, 0.4) is 0 Å². The summed E-state index contributed by atoms with van der Waals surface area (Å²) in [5, 5.41) is 8.47. The van der Waals surface area contributed by atoms with Crippen LogP contribution in [0.25, 0.3) is 0 Å². The number of rotatable bonds is 32. The molecule has 4 aromatic carbocycles. The molecule has 86 heavy (non-hydrogen) atoms. The lowest BCUT2D eigenvalue weighted by molar-refractivity contribution is -0.157. The molecule has 0 bridgehead atoms. The first kappa shape index (κ1) is 69.5. The van der Waals surface area contributed by atoms with E-state index in [1.165, 1.54) is 11.8 Å². The molecule has 3 N–H and O–H groups in total. The van der Waals surface area contributed by atoms with E-state index < -0.39 is 106 Å². The molecule has 0 aliphatic heterocycles. The molecule has 4 aromatic rings. The summed E-state index contributed by atoms with van der Waals surface area (Å²) in [6.45, 7) is 19.9. The van der Waals surface area contributed by atoms with Crippen LogP contribution in [0.2, 0.25) is 0 Å². The first-order valence-corrected chi connectivity index (χ1v) is 30.9. The van der Waals surface area contributed by atoms with Crippen LogP contribution in [0.15, 0.2) is 127 Å². The largest absolute Gasteiger partial charge is 0.494 e. The molecule has 17 nitrogen and oxygen atoms in total. The maximum Gasteiger partial charge on any atom is 0.408 e. The lowest BCUT2D eigenvalue weighted by Gasteiger charge is -2.36. The normalized spacial score (nSPS) is 16.3. The fraction of sp³-hybridized carbons (Fsp3) is 0.500. The number of Topliss-reactive ketones (excluding diaryl/α,β-unsaturated/α-hetero) is 2. The number of nitrogens with one attached hydrogen (secondary N) is 3. The van der Waals surface area contributed by atoms with Gasteiger partial charge in [0.15, 0.2) is 5.78 Å². The summed E-state index contributed by atoms with van der Waals surface area (Å²) in [5.74, 6) is -5.58. The Hall–Kier alpha value is -7.31. The van der Waals surface area contributed by atoms with Gasteiger partial charge in [0.25, 0.3) is 0 Å². The Bertz CT molecular complexity index is 2790. The van der Waals surface area contributed by atoms with E-state index in [1.54, 1.807) is 78.8 Å². The van der Waals surface area contributed by atoms with Crippen molar-refractivity contribution in [1.82, 2.24) is 16.0 Å². The standard InChI is InChI=1S/C68H89N3O14S/c1-12-53(13-2)83-59-41-48(63(77)81-15-4)39-56(45(59)5)69-60(74)38-34-52(72)33-37-55(71-65(79)85-67(9,10)11)58(73)40-47(42-61(75)84-66(6,7)8)62(76)70-57(64(78)82-43-46-31-35-54(36-32-46)80-14-3)44-86-68(49-25-19-16-20-26-49,50-27-21-17-22-28-50)51-29-23-18-24-30-51/h16-32,35-36,41,45,47,53,55-57,59H,12-15,33-34,37-40,42-44H2,1-11H3,(H,69,74)(H,70,76)(H,71,79)/t45-,47+,55+,56+,57+,59-/m1/s1. The molecule has 0 unspecified atom stereocenters. The Morgan fingerprint density at radius 2 is 1.21 bits per heavy atom. The Balaban J connectivity index is 1.42. The van der Waals surface area contributed by atoms with E-state index in [2.05, 4.69) is 16.0 Å². The van der Waals surface area contributed by atoms with E-state index in [4.69, 9.17) is 28.4 Å². The van der Waals surface area contributed by atoms with Gasteiger partial charge in [-0.05, 0) is 122 Å². The topological polar surface area (TPSA) is 228 Å². The summed E-state index contributed by atoms with van der Waals surface area (Å²) in [4.78, 5) is 112. The first-order chi connectivity index (χ1) is 40.9. The maximum atomic E-state index is 15.0. The fourth-order valence-electron chi connectivity index (χ4n) is 9.99. The van der Waals surface area contributed by atoms with Crippen molar-refractivity contribution in [2.45, 2.75) is 187 Å². The van der Waals surface area contributed by atoms with Gasteiger partial charge in [0.05, 0.1) is 48.5 Å². The molecule has 1 aliphatic rings. The molecule has 0 aromatic heterocycles. The van der Waals surface area contributed by atoms with Crippen LogP contribution in [0.5, 0.6) is 5.75 Å². The van der Waals surface area contributed by atoms with Gasteiger partial charge in [-0.25, -0.2) is 14.4 Å². The van der Waals surface area contributed by atoms with Crippen molar-refractivity contribution in [3.05, 3.63) is 149 Å². The lowest BCUT2D eigenvalue weighted by atomic mass is 9.83. The molecule has 466 valence electrons. The first-order valence-electron chi connectivity index (χ1n) is 30.0. The van der Waals surface area contributed by atoms with Gasteiger partial charge in [0.2, 0.25) is 11.8 Å². The number of benzene rings is 4. The number of hydrogen-bond acceptors (Lipinski definition) is 15. The molecule has 5 rings (SSSR count). The molecule has 0 spiro atoms. The number of thioether (sulfide) groups is 1. The molecule has 0 heterocycles. The Kier molecular flexibility index (Phi) is 27.1. The Morgan fingerprint density at radius 1 is 0.640 bits per heavy atom. The van der Waals surface area contributed by atoms with E-state index >= 15 is 4.79 Å². The highest BCUT2D eigenvalue weighted by atomic mass is 32.2. The maximum absolute atomic E-state index is 15.0. The predicted molar refractivity (Wildman–Crippen MR) is 331 cm³/mol. The second-order valence-corrected chi connectivity index (χ2v) is 24.7. The minimum Gasteiger partial charge on any atom is -0.494 e. The van der Waals surface area contributed by atoms with Crippen LogP contribution in [0.4, 0.5) is 4.79 Å². The number of alkyl carbamates (subject to hydrolysis) is 1. The quantitative estimate of drug-likeness (QED) is 0.0235. The van der Waals surface area contributed by atoms with Gasteiger partial charge < -0.3 is 44.4 Å². The van der Waals surface area contributed by atoms with Gasteiger partial charge in [-0.2, -0.15) is 0 Å². The highest BCUT2D eigenvalue weighted by Crippen LogP contribution is 2.49. The number of carbonyl (C=O) groups excluding carboxylic acids is 8. The third kappa shape index (κ3) is 21.9. The van der Waals surface area contributed by atoms with Crippen molar-refractivity contribution in [2.75, 3.05) is 19.0 Å². The fourth-order valence-corrected chi connectivity index (χ4v) is 11.5. The van der Waals surface area contributed by atoms with Crippen molar-refractivity contribution >= 4 is 59.1 Å². The van der Waals surface area contributed by atoms with Crippen LogP contribution < -0.4 is 20.7 Å². The Labute approximate surface area is 512 Å². The van der Waals surface area contributed by atoms with Crippen LogP contribution in [-0.4, -0.2) is 108 Å². The molecule has 1 aliphatic carbocycles. The minimum absolute atomic E-state index is 0.0607. The predicted octanol–water partition coefficient (Wildman–Crippen LogP) is 11.3.